The van der Waals surface area contributed by atoms with Crippen LogP contribution in [0.4, 0.5) is 0 Å². The maximum atomic E-state index is 11.7. The number of rotatable bonds is 27. The quantitative estimate of drug-likeness (QED) is 0.0795. The fraction of sp³-hybridized carbons (Fsp3) is 0.793. The molecule has 0 spiro atoms. The van der Waals surface area contributed by atoms with Crippen molar-refractivity contribution in [1.82, 2.24) is 0 Å². The zero-order valence-corrected chi connectivity index (χ0v) is 23.3. The Morgan fingerprint density at radius 3 is 1.42 bits per heavy atom. The van der Waals surface area contributed by atoms with Crippen LogP contribution in [0.5, 0.6) is 0 Å². The zero-order chi connectivity index (χ0) is 25.9. The highest BCUT2D eigenvalue weighted by Crippen LogP contribution is 2.15. The molecule has 0 amide bonds. The second-order valence-corrected chi connectivity index (χ2v) is 9.74. The van der Waals surface area contributed by atoms with E-state index in [0.29, 0.717) is 51.6 Å². The van der Waals surface area contributed by atoms with Gasteiger partial charge in [0.25, 0.3) is 0 Å². The van der Waals surface area contributed by atoms with Gasteiger partial charge in [-0.2, -0.15) is 12.6 Å². The molecule has 0 aromatic carbocycles. The lowest BCUT2D eigenvalue weighted by Crippen LogP contribution is -2.12. The van der Waals surface area contributed by atoms with Gasteiger partial charge in [-0.25, -0.2) is 0 Å². The lowest BCUT2D eigenvalue weighted by atomic mass is 9.98. The van der Waals surface area contributed by atoms with Crippen molar-refractivity contribution in [2.75, 3.05) is 58.6 Å². The summed E-state index contributed by atoms with van der Waals surface area (Å²) in [5.41, 5.74) is 0.634. The molecule has 36 heavy (non-hydrogen) atoms. The van der Waals surface area contributed by atoms with Crippen molar-refractivity contribution in [1.29, 1.82) is 0 Å². The third-order valence-corrected chi connectivity index (χ3v) is 6.40. The van der Waals surface area contributed by atoms with Crippen LogP contribution in [0.2, 0.25) is 0 Å². The Balaban J connectivity index is 1.68. The molecule has 7 heteroatoms. The Labute approximate surface area is 225 Å². The molecule has 0 aromatic heterocycles. The summed E-state index contributed by atoms with van der Waals surface area (Å²) >= 11 is 4.24. The Hall–Kier alpha value is -0.990. The maximum absolute atomic E-state index is 11.7. The largest absolute Gasteiger partial charge is 0.379 e. The van der Waals surface area contributed by atoms with Crippen molar-refractivity contribution in [2.45, 2.75) is 89.9 Å². The highest BCUT2D eigenvalue weighted by molar-refractivity contribution is 7.80. The minimum absolute atomic E-state index is 0.0326. The summed E-state index contributed by atoms with van der Waals surface area (Å²) < 4.78 is 22.3. The summed E-state index contributed by atoms with van der Waals surface area (Å²) in [5, 5.41) is 0. The monoisotopic (exact) mass is 526 g/mol. The molecule has 0 N–H and O–H groups in total. The van der Waals surface area contributed by atoms with E-state index >= 15 is 0 Å². The van der Waals surface area contributed by atoms with Gasteiger partial charge in [-0.3, -0.25) is 9.59 Å². The van der Waals surface area contributed by atoms with E-state index in [9.17, 15) is 9.59 Å². The van der Waals surface area contributed by atoms with Gasteiger partial charge < -0.3 is 18.9 Å². The number of hydrogen-bond donors (Lipinski definition) is 1. The Morgan fingerprint density at radius 1 is 0.500 bits per heavy atom. The van der Waals surface area contributed by atoms with Gasteiger partial charge in [0.1, 0.15) is 0 Å². The van der Waals surface area contributed by atoms with Crippen molar-refractivity contribution >= 4 is 24.2 Å². The smallest absolute Gasteiger partial charge is 0.182 e. The lowest BCUT2D eigenvalue weighted by molar-refractivity contribution is -0.114. The standard InChI is InChI=1S/C29H50O6S/c30-28-15-16-29(31)27(26-28)14-10-6-8-12-18-33-20-22-35-24-23-34-21-19-32-17-11-7-4-2-1-3-5-9-13-25-36/h15-16,26,36H,1-14,17-25H2. The third-order valence-electron chi connectivity index (χ3n) is 6.08. The van der Waals surface area contributed by atoms with Crippen molar-refractivity contribution in [3.63, 3.8) is 0 Å². The van der Waals surface area contributed by atoms with E-state index in [2.05, 4.69) is 12.6 Å². The van der Waals surface area contributed by atoms with Gasteiger partial charge in [-0.1, -0.05) is 57.8 Å². The van der Waals surface area contributed by atoms with Gasteiger partial charge in [0.05, 0.1) is 39.6 Å². The summed E-state index contributed by atoms with van der Waals surface area (Å²) in [6, 6.07) is 0. The summed E-state index contributed by atoms with van der Waals surface area (Å²) in [7, 11) is 0. The molecule has 0 saturated carbocycles. The molecule has 1 aliphatic carbocycles. The highest BCUT2D eigenvalue weighted by Gasteiger charge is 2.12. The summed E-state index contributed by atoms with van der Waals surface area (Å²) in [4.78, 5) is 23.0. The molecule has 0 fully saturated rings. The minimum atomic E-state index is -0.0887. The zero-order valence-electron chi connectivity index (χ0n) is 22.4. The van der Waals surface area contributed by atoms with Crippen molar-refractivity contribution < 1.29 is 28.5 Å². The van der Waals surface area contributed by atoms with Crippen LogP contribution in [0.15, 0.2) is 23.8 Å². The van der Waals surface area contributed by atoms with E-state index in [4.69, 9.17) is 18.9 Å². The Kier molecular flexibility index (Phi) is 23.5. The molecule has 0 aromatic rings. The molecule has 1 rings (SSSR count). The lowest BCUT2D eigenvalue weighted by Gasteiger charge is -2.08. The number of allylic oxidation sites excluding steroid dienone is 4. The van der Waals surface area contributed by atoms with Crippen molar-refractivity contribution in [3.05, 3.63) is 23.8 Å². The molecular weight excluding hydrogens is 476 g/mol. The van der Waals surface area contributed by atoms with Crippen LogP contribution in [0.3, 0.4) is 0 Å². The molecule has 0 saturated heterocycles. The Bertz CT molecular complexity index is 605. The summed E-state index contributed by atoms with van der Waals surface area (Å²) in [6.07, 6.45) is 20.6. The first-order chi connectivity index (χ1) is 17.7. The number of ether oxygens (including phenoxy) is 4. The fourth-order valence-corrected chi connectivity index (χ4v) is 4.16. The molecule has 1 aliphatic rings. The average Bonchev–Trinajstić information content (AvgIpc) is 2.88. The predicted octanol–water partition coefficient (Wildman–Crippen LogP) is 6.08. The van der Waals surface area contributed by atoms with Gasteiger partial charge in [0, 0.05) is 18.8 Å². The summed E-state index contributed by atoms with van der Waals surface area (Å²) in [6.45, 7) is 5.14. The van der Waals surface area contributed by atoms with E-state index in [0.717, 1.165) is 51.1 Å². The Morgan fingerprint density at radius 2 is 0.917 bits per heavy atom. The van der Waals surface area contributed by atoms with E-state index in [1.165, 1.54) is 69.6 Å². The molecule has 0 unspecified atom stereocenters. The van der Waals surface area contributed by atoms with Crippen molar-refractivity contribution in [2.24, 2.45) is 0 Å². The molecule has 0 atom stereocenters. The molecular formula is C29H50O6S. The number of thiol groups is 1. The first-order valence-electron chi connectivity index (χ1n) is 14.1. The topological polar surface area (TPSA) is 71.1 Å². The molecule has 0 aliphatic heterocycles. The SMILES string of the molecule is O=C1C=CC(=O)C(CCCCCCOCCOCCOCCOCCCCCCCCCCCS)=C1. The second-order valence-electron chi connectivity index (χ2n) is 9.29. The van der Waals surface area contributed by atoms with Gasteiger partial charge in [0.15, 0.2) is 11.6 Å². The number of unbranched alkanes of at least 4 members (excludes halogenated alkanes) is 11. The molecule has 6 nitrogen and oxygen atoms in total. The number of carbonyl (C=O) groups excluding carboxylic acids is 2. The number of hydrogen-bond acceptors (Lipinski definition) is 7. The first kappa shape index (κ1) is 33.0. The van der Waals surface area contributed by atoms with Crippen LogP contribution in [-0.4, -0.2) is 70.2 Å². The van der Waals surface area contributed by atoms with Crippen LogP contribution in [0, 0.1) is 0 Å². The van der Waals surface area contributed by atoms with Gasteiger partial charge in [0.2, 0.25) is 0 Å². The van der Waals surface area contributed by atoms with E-state index < -0.39 is 0 Å². The molecule has 208 valence electrons. The minimum Gasteiger partial charge on any atom is -0.379 e. The predicted molar refractivity (Wildman–Crippen MR) is 149 cm³/mol. The van der Waals surface area contributed by atoms with E-state index in [1.54, 1.807) is 0 Å². The normalized spacial score (nSPS) is 13.5. The van der Waals surface area contributed by atoms with E-state index in [1.807, 2.05) is 0 Å². The second kappa shape index (κ2) is 25.7. The first-order valence-corrected chi connectivity index (χ1v) is 14.8. The van der Waals surface area contributed by atoms with Crippen LogP contribution in [0.25, 0.3) is 0 Å². The molecule has 0 radical (unpaired) electrons. The maximum Gasteiger partial charge on any atom is 0.182 e. The van der Waals surface area contributed by atoms with Crippen molar-refractivity contribution in [3.8, 4) is 0 Å². The van der Waals surface area contributed by atoms with Gasteiger partial charge >= 0.3 is 0 Å². The highest BCUT2D eigenvalue weighted by atomic mass is 32.1. The van der Waals surface area contributed by atoms with Crippen LogP contribution in [0.1, 0.15) is 89.9 Å². The third kappa shape index (κ3) is 21.1. The average molecular weight is 527 g/mol. The summed E-state index contributed by atoms with van der Waals surface area (Å²) in [5.74, 6) is 0.901. The van der Waals surface area contributed by atoms with Crippen LogP contribution < -0.4 is 0 Å². The molecule has 0 bridgehead atoms. The fourth-order valence-electron chi connectivity index (χ4n) is 3.94. The van der Waals surface area contributed by atoms with Crippen LogP contribution >= 0.6 is 12.6 Å². The molecule has 0 heterocycles. The van der Waals surface area contributed by atoms with E-state index in [-0.39, 0.29) is 11.6 Å². The number of carbonyl (C=O) groups is 2. The van der Waals surface area contributed by atoms with Gasteiger partial charge in [-0.15, -0.1) is 0 Å². The van der Waals surface area contributed by atoms with Crippen LogP contribution in [-0.2, 0) is 28.5 Å². The number of ketones is 2. The van der Waals surface area contributed by atoms with Gasteiger partial charge in [-0.05, 0) is 56.1 Å².